The predicted octanol–water partition coefficient (Wildman–Crippen LogP) is 6.65. The van der Waals surface area contributed by atoms with Gasteiger partial charge in [0.2, 0.25) is 0 Å². The number of nitrogens with one attached hydrogen (secondary N) is 2. The molecule has 260 valence electrons. The molecule has 0 saturated carbocycles. The highest BCUT2D eigenvalue weighted by Crippen LogP contribution is 2.40. The maximum Gasteiger partial charge on any atom is 0.284 e. The molecule has 50 heavy (non-hydrogen) atoms. The lowest BCUT2D eigenvalue weighted by atomic mass is 10.0. The van der Waals surface area contributed by atoms with Crippen molar-refractivity contribution in [2.45, 2.75) is 44.6 Å². The zero-order valence-electron chi connectivity index (χ0n) is 27.8. The Morgan fingerprint density at radius 2 is 1.84 bits per heavy atom. The number of amides is 1. The number of alkyl halides is 2. The first-order valence-electron chi connectivity index (χ1n) is 16.3. The van der Waals surface area contributed by atoms with Crippen molar-refractivity contribution >= 4 is 45.3 Å². The van der Waals surface area contributed by atoms with Gasteiger partial charge in [-0.25, -0.2) is 32.6 Å². The Morgan fingerprint density at radius 1 is 1.02 bits per heavy atom. The molecule has 2 aliphatic heterocycles. The number of anilines is 4. The van der Waals surface area contributed by atoms with Crippen molar-refractivity contribution in [1.82, 2.24) is 29.5 Å². The Bertz CT molecular complexity index is 2090. The van der Waals surface area contributed by atoms with E-state index in [1.165, 1.54) is 25.8 Å². The van der Waals surface area contributed by atoms with Crippen molar-refractivity contribution < 1.29 is 27.4 Å². The van der Waals surface area contributed by atoms with E-state index in [1.807, 2.05) is 24.9 Å². The van der Waals surface area contributed by atoms with E-state index in [2.05, 4.69) is 30.7 Å². The summed E-state index contributed by atoms with van der Waals surface area (Å²) in [5.41, 5.74) is 3.23. The molecule has 0 aliphatic carbocycles. The summed E-state index contributed by atoms with van der Waals surface area (Å²) in [6.07, 6.45) is 6.91. The van der Waals surface area contributed by atoms with E-state index >= 15 is 4.39 Å². The first-order valence-corrected chi connectivity index (χ1v) is 16.3. The molecule has 1 amide bonds. The van der Waals surface area contributed by atoms with E-state index in [4.69, 9.17) is 9.47 Å². The lowest BCUT2D eigenvalue weighted by Gasteiger charge is -2.34. The topological polar surface area (TPSA) is 122 Å². The number of halogens is 3. The van der Waals surface area contributed by atoms with Gasteiger partial charge in [0.05, 0.1) is 29.7 Å². The van der Waals surface area contributed by atoms with Gasteiger partial charge in [-0.3, -0.25) is 9.69 Å². The molecule has 0 bridgehead atoms. The van der Waals surface area contributed by atoms with Crippen LogP contribution < -0.4 is 25.0 Å². The molecule has 2 aliphatic rings. The van der Waals surface area contributed by atoms with Crippen molar-refractivity contribution in [2.24, 2.45) is 0 Å². The van der Waals surface area contributed by atoms with Crippen LogP contribution in [0, 0.1) is 6.92 Å². The van der Waals surface area contributed by atoms with Gasteiger partial charge in [0.15, 0.2) is 11.5 Å². The maximum atomic E-state index is 15.3. The average Bonchev–Trinajstić information content (AvgIpc) is 3.74. The maximum absolute atomic E-state index is 15.3. The number of hydrogen-bond acceptors (Lipinski definition) is 10. The number of likely N-dealkylation sites (N-methyl/N-ethyl adjacent to an activating group) is 1. The number of nitrogens with zero attached hydrogens (tertiary/aromatic N) is 7. The van der Waals surface area contributed by atoms with Crippen LogP contribution in [-0.2, 0) is 4.79 Å². The number of rotatable bonds is 9. The quantitative estimate of drug-likeness (QED) is 0.163. The molecule has 2 aromatic carbocycles. The summed E-state index contributed by atoms with van der Waals surface area (Å²) in [5.74, 6) is -2.63. The second kappa shape index (κ2) is 13.5. The van der Waals surface area contributed by atoms with Crippen LogP contribution in [0.4, 0.5) is 36.1 Å². The van der Waals surface area contributed by atoms with Crippen LogP contribution in [0.2, 0.25) is 0 Å². The minimum Gasteiger partial charge on any atom is -0.494 e. The fourth-order valence-corrected chi connectivity index (χ4v) is 6.36. The van der Waals surface area contributed by atoms with Crippen LogP contribution in [0.15, 0.2) is 67.2 Å². The fraction of sp³-hybridized carbons (Fsp3) is 0.343. The molecule has 2 N–H and O–H groups in total. The number of carbonyl (C=O) groups excluding carboxylic acids is 1. The summed E-state index contributed by atoms with van der Waals surface area (Å²) in [5, 5.41) is 10.6. The monoisotopic (exact) mass is 687 g/mol. The van der Waals surface area contributed by atoms with E-state index in [-0.39, 0.29) is 37.7 Å². The van der Waals surface area contributed by atoms with E-state index < -0.39 is 17.7 Å². The predicted molar refractivity (Wildman–Crippen MR) is 183 cm³/mol. The second-order valence-corrected chi connectivity index (χ2v) is 12.6. The van der Waals surface area contributed by atoms with E-state index in [9.17, 15) is 13.6 Å². The van der Waals surface area contributed by atoms with Gasteiger partial charge >= 0.3 is 0 Å². The number of ether oxygens (including phenoxy) is 2. The molecule has 15 heteroatoms. The third kappa shape index (κ3) is 6.85. The van der Waals surface area contributed by atoms with Crippen molar-refractivity contribution in [3.8, 4) is 17.2 Å². The Balaban J connectivity index is 1.21. The third-order valence-electron chi connectivity index (χ3n) is 9.20. The largest absolute Gasteiger partial charge is 0.494 e. The van der Waals surface area contributed by atoms with E-state index in [1.54, 1.807) is 45.9 Å². The number of piperidine rings is 1. The molecule has 2 fully saturated rings. The fourth-order valence-electron chi connectivity index (χ4n) is 6.36. The van der Waals surface area contributed by atoms with Gasteiger partial charge in [0.1, 0.15) is 35.7 Å². The van der Waals surface area contributed by atoms with Crippen LogP contribution in [-0.4, -0.2) is 81.1 Å². The standard InChI is InChI=1S/C35H36F3N9O3/c1-21-13-28(31(49-3)18-30(21)50-23-6-10-47-32(15-23)40-20-42-47)43-33-24-16-27(44-34(48)25(36)14-22-5-4-9-45(22)2)29(17-26(24)39-19-41-33)46-11-7-35(37,38)8-12-46/h6,10,13-20,22H,4-5,7-9,11-12H2,1-3H3,(H,44,48)(H,39,41,43)/b25-14+/t22-/m1/s1. The SMILES string of the molecule is COc1cc(Oc2ccn3ncnc3c2)c(C)cc1Nc1ncnc2cc(N3CCC(F)(F)CC3)c(NC(=O)/C(F)=C\[C@H]3CCCN3C)cc12. The van der Waals surface area contributed by atoms with Crippen LogP contribution in [0.1, 0.15) is 31.2 Å². The summed E-state index contributed by atoms with van der Waals surface area (Å²) in [6, 6.07) is 10.3. The number of fused-ring (bicyclic) bond motifs is 2. The number of aromatic nitrogens is 5. The summed E-state index contributed by atoms with van der Waals surface area (Å²) in [6.45, 7) is 2.82. The number of pyridine rings is 1. The number of benzene rings is 2. The molecular formula is C35H36F3N9O3. The van der Waals surface area contributed by atoms with Crippen molar-refractivity contribution in [1.29, 1.82) is 0 Å². The molecule has 1 atom stereocenters. The van der Waals surface area contributed by atoms with Gasteiger partial charge < -0.3 is 25.0 Å². The first-order chi connectivity index (χ1) is 24.1. The van der Waals surface area contributed by atoms with Gasteiger partial charge in [0.25, 0.3) is 11.8 Å². The number of hydrogen-bond donors (Lipinski definition) is 2. The lowest BCUT2D eigenvalue weighted by molar-refractivity contribution is -0.114. The van der Waals surface area contributed by atoms with E-state index in [0.29, 0.717) is 51.0 Å². The van der Waals surface area contributed by atoms with Crippen molar-refractivity contribution in [2.75, 3.05) is 49.3 Å². The molecule has 0 radical (unpaired) electrons. The van der Waals surface area contributed by atoms with Crippen molar-refractivity contribution in [3.05, 3.63) is 72.7 Å². The molecule has 0 unspecified atom stereocenters. The zero-order chi connectivity index (χ0) is 35.0. The summed E-state index contributed by atoms with van der Waals surface area (Å²) in [4.78, 5) is 30.1. The number of carbonyl (C=O) groups is 1. The van der Waals surface area contributed by atoms with Crippen LogP contribution in [0.3, 0.4) is 0 Å². The Morgan fingerprint density at radius 3 is 2.60 bits per heavy atom. The highest BCUT2D eigenvalue weighted by Gasteiger charge is 2.35. The van der Waals surface area contributed by atoms with Crippen LogP contribution in [0.25, 0.3) is 16.6 Å². The van der Waals surface area contributed by atoms with E-state index in [0.717, 1.165) is 24.9 Å². The van der Waals surface area contributed by atoms with Gasteiger partial charge in [-0.05, 0) is 69.3 Å². The lowest BCUT2D eigenvalue weighted by Crippen LogP contribution is -2.39. The van der Waals surface area contributed by atoms with Gasteiger partial charge in [-0.15, -0.1) is 0 Å². The molecular weight excluding hydrogens is 651 g/mol. The highest BCUT2D eigenvalue weighted by molar-refractivity contribution is 6.07. The zero-order valence-corrected chi connectivity index (χ0v) is 27.8. The highest BCUT2D eigenvalue weighted by atomic mass is 19.3. The normalized spacial score (nSPS) is 18.1. The number of likely N-dealkylation sites (tertiary alicyclic amines) is 1. The first kappa shape index (κ1) is 33.1. The smallest absolute Gasteiger partial charge is 0.284 e. The average molecular weight is 688 g/mol. The number of methoxy groups -OCH3 is 1. The van der Waals surface area contributed by atoms with Gasteiger partial charge in [-0.1, -0.05) is 0 Å². The minimum absolute atomic E-state index is 0.0560. The van der Waals surface area contributed by atoms with Gasteiger partial charge in [0, 0.05) is 55.7 Å². The van der Waals surface area contributed by atoms with Crippen LogP contribution >= 0.6 is 0 Å². The number of aryl methyl sites for hydroxylation is 1. The molecule has 7 rings (SSSR count). The molecule has 5 aromatic rings. The summed E-state index contributed by atoms with van der Waals surface area (Å²) in [7, 11) is 3.42. The molecule has 2 saturated heterocycles. The molecule has 5 heterocycles. The molecule has 12 nitrogen and oxygen atoms in total. The third-order valence-corrected chi connectivity index (χ3v) is 9.20. The Kier molecular flexibility index (Phi) is 8.90. The Labute approximate surface area is 285 Å². The second-order valence-electron chi connectivity index (χ2n) is 12.6. The Hall–Kier alpha value is -5.44. The van der Waals surface area contributed by atoms with Gasteiger partial charge in [-0.2, -0.15) is 5.10 Å². The van der Waals surface area contributed by atoms with Crippen LogP contribution in [0.5, 0.6) is 17.2 Å². The molecule has 3 aromatic heterocycles. The molecule has 0 spiro atoms. The van der Waals surface area contributed by atoms with Crippen molar-refractivity contribution in [3.63, 3.8) is 0 Å². The summed E-state index contributed by atoms with van der Waals surface area (Å²) >= 11 is 0. The summed E-state index contributed by atoms with van der Waals surface area (Å²) < 4.78 is 57.0. The minimum atomic E-state index is -2.78.